The van der Waals surface area contributed by atoms with E-state index in [1.165, 1.54) is 42.4 Å². The van der Waals surface area contributed by atoms with Crippen molar-refractivity contribution in [1.82, 2.24) is 19.1 Å². The second-order valence-corrected chi connectivity index (χ2v) is 19.6. The van der Waals surface area contributed by atoms with Gasteiger partial charge in [-0.2, -0.15) is 0 Å². The van der Waals surface area contributed by atoms with Gasteiger partial charge in [0.1, 0.15) is 11.6 Å². The number of para-hydroxylation sites is 6. The summed E-state index contributed by atoms with van der Waals surface area (Å²) in [4.78, 5) is 9.90. The Kier molecular flexibility index (Phi) is 12.2. The summed E-state index contributed by atoms with van der Waals surface area (Å²) < 4.78 is 8.17. The fourth-order valence-electron chi connectivity index (χ4n) is 9.97. The summed E-state index contributed by atoms with van der Waals surface area (Å²) in [5, 5.41) is 21.3. The molecular formula is C63H44BBrN4O2S. The second-order valence-electron chi connectivity index (χ2n) is 17.6. The van der Waals surface area contributed by atoms with Crippen LogP contribution in [0, 0.1) is 0 Å². The lowest BCUT2D eigenvalue weighted by atomic mass is 9.76. The summed E-state index contributed by atoms with van der Waals surface area (Å²) in [6.45, 7) is 0. The number of imidazole rings is 2. The summed E-state index contributed by atoms with van der Waals surface area (Å²) in [7, 11) is -1.38. The van der Waals surface area contributed by atoms with Gasteiger partial charge in [0.2, 0.25) is 0 Å². The van der Waals surface area contributed by atoms with E-state index in [-0.39, 0.29) is 0 Å². The molecule has 10 aromatic carbocycles. The zero-order valence-electron chi connectivity index (χ0n) is 38.8. The van der Waals surface area contributed by atoms with E-state index in [4.69, 9.17) is 9.97 Å². The molecule has 9 heteroatoms. The lowest BCUT2D eigenvalue weighted by Crippen LogP contribution is -2.32. The van der Waals surface area contributed by atoms with E-state index >= 15 is 0 Å². The topological polar surface area (TPSA) is 76.1 Å². The number of aromatic nitrogens is 4. The van der Waals surface area contributed by atoms with E-state index in [1.54, 1.807) is 6.07 Å². The lowest BCUT2D eigenvalue weighted by Gasteiger charge is -2.11. The van der Waals surface area contributed by atoms with Crippen molar-refractivity contribution in [3.8, 4) is 56.4 Å². The van der Waals surface area contributed by atoms with Gasteiger partial charge in [-0.25, -0.2) is 9.97 Å². The molecule has 0 saturated carbocycles. The van der Waals surface area contributed by atoms with Gasteiger partial charge in [0, 0.05) is 47.1 Å². The van der Waals surface area contributed by atoms with E-state index in [9.17, 15) is 10.0 Å². The minimum Gasteiger partial charge on any atom is -0.423 e. The van der Waals surface area contributed by atoms with Crippen LogP contribution in [-0.2, 0) is 6.42 Å². The van der Waals surface area contributed by atoms with Gasteiger partial charge in [-0.1, -0.05) is 186 Å². The maximum absolute atomic E-state index is 9.32. The van der Waals surface area contributed by atoms with Crippen LogP contribution in [0.4, 0.5) is 0 Å². The summed E-state index contributed by atoms with van der Waals surface area (Å²) >= 11 is 5.41. The van der Waals surface area contributed by atoms with Crippen LogP contribution in [0.3, 0.4) is 0 Å². The number of hydrogen-bond donors (Lipinski definition) is 2. The third-order valence-corrected chi connectivity index (χ3v) is 14.9. The van der Waals surface area contributed by atoms with Crippen molar-refractivity contribution in [3.63, 3.8) is 0 Å². The molecule has 344 valence electrons. The first kappa shape index (κ1) is 45.0. The second kappa shape index (κ2) is 19.6. The van der Waals surface area contributed by atoms with Crippen molar-refractivity contribution in [2.24, 2.45) is 0 Å². The quantitative estimate of drug-likeness (QED) is 0.163. The monoisotopic (exact) mass is 1010 g/mol. The van der Waals surface area contributed by atoms with Gasteiger partial charge in [-0.3, -0.25) is 9.13 Å². The van der Waals surface area contributed by atoms with Crippen LogP contribution in [0.5, 0.6) is 0 Å². The minimum atomic E-state index is -1.38. The zero-order chi connectivity index (χ0) is 48.5. The molecule has 6 nitrogen and oxygen atoms in total. The molecule has 1 aliphatic carbocycles. The molecular weight excluding hydrogens is 968 g/mol. The molecule has 0 fully saturated rings. The van der Waals surface area contributed by atoms with Crippen LogP contribution in [-0.4, -0.2) is 36.3 Å². The fraction of sp³-hybridized carbons (Fsp3) is 0.0159. The maximum Gasteiger partial charge on any atom is 0.488 e. The molecule has 0 radical (unpaired) electrons. The van der Waals surface area contributed by atoms with Crippen molar-refractivity contribution in [3.05, 3.63) is 258 Å². The average molecular weight is 1010 g/mol. The van der Waals surface area contributed by atoms with Gasteiger partial charge >= 0.3 is 7.12 Å². The number of halogens is 1. The number of thiophene rings is 1. The molecule has 14 rings (SSSR count). The van der Waals surface area contributed by atoms with E-state index in [0.29, 0.717) is 5.46 Å². The van der Waals surface area contributed by atoms with Gasteiger partial charge in [-0.05, 0) is 118 Å². The minimum absolute atomic E-state index is 0.619. The Balaban J connectivity index is 0.000000120. The molecule has 0 unspecified atom stereocenters. The van der Waals surface area contributed by atoms with Crippen molar-refractivity contribution < 1.29 is 10.0 Å². The summed E-state index contributed by atoms with van der Waals surface area (Å²) in [5.41, 5.74) is 16.4. The Labute approximate surface area is 429 Å². The average Bonchev–Trinajstić information content (AvgIpc) is 4.22. The van der Waals surface area contributed by atoms with E-state index < -0.39 is 7.12 Å². The summed E-state index contributed by atoms with van der Waals surface area (Å²) in [6, 6.07) is 83.6. The Hall–Kier alpha value is -8.18. The first-order valence-corrected chi connectivity index (χ1v) is 25.5. The van der Waals surface area contributed by atoms with E-state index in [2.05, 4.69) is 201 Å². The molecule has 3 heterocycles. The standard InChI is InChI=1S/C31H20N2S.C19H13BrN2.C13H11BO2/c1-2-12-23(13-3-1)33-28-18-6-5-17-27(28)32-31(33)22-11-8-10-21(20-22)24-15-9-16-26-25-14-4-7-19-29(25)34-30(24)26;20-15-8-6-7-14(13-15)19-21-17-11-4-5-12-18(17)22(19)16-9-2-1-3-10-16;15-14(16)13-7-3-6-11-10-5-2-1-4-9(10)8-12(11)13/h1-20H;1-13H;1-7,15-16H,8H2. The first-order chi connectivity index (χ1) is 35.5. The molecule has 0 spiro atoms. The van der Waals surface area contributed by atoms with Gasteiger partial charge in [0.25, 0.3) is 0 Å². The predicted molar refractivity (Wildman–Crippen MR) is 304 cm³/mol. The van der Waals surface area contributed by atoms with Crippen molar-refractivity contribution in [2.75, 3.05) is 0 Å². The molecule has 13 aromatic rings. The molecule has 72 heavy (non-hydrogen) atoms. The third kappa shape index (κ3) is 8.52. The van der Waals surface area contributed by atoms with Crippen LogP contribution < -0.4 is 5.46 Å². The Bertz CT molecular complexity index is 4090. The number of rotatable bonds is 6. The van der Waals surface area contributed by atoms with Crippen LogP contribution in [0.25, 0.3) is 98.6 Å². The van der Waals surface area contributed by atoms with E-state index in [1.807, 2.05) is 72.0 Å². The molecule has 0 amide bonds. The van der Waals surface area contributed by atoms with Gasteiger partial charge < -0.3 is 10.0 Å². The zero-order valence-corrected chi connectivity index (χ0v) is 41.3. The Morgan fingerprint density at radius 1 is 0.444 bits per heavy atom. The molecule has 0 aliphatic heterocycles. The third-order valence-electron chi connectivity index (χ3n) is 13.2. The van der Waals surface area contributed by atoms with Crippen LogP contribution in [0.2, 0.25) is 0 Å². The fourth-order valence-corrected chi connectivity index (χ4v) is 11.6. The van der Waals surface area contributed by atoms with Crippen LogP contribution >= 0.6 is 27.3 Å². The molecule has 1 aliphatic rings. The lowest BCUT2D eigenvalue weighted by molar-refractivity contribution is 0.425. The van der Waals surface area contributed by atoms with Crippen LogP contribution in [0.1, 0.15) is 11.1 Å². The number of hydrogen-bond acceptors (Lipinski definition) is 5. The maximum atomic E-state index is 9.32. The summed E-state index contributed by atoms with van der Waals surface area (Å²) in [6.07, 6.45) is 0.791. The highest BCUT2D eigenvalue weighted by atomic mass is 79.9. The molecule has 2 N–H and O–H groups in total. The predicted octanol–water partition coefficient (Wildman–Crippen LogP) is 15.1. The Morgan fingerprint density at radius 3 is 1.64 bits per heavy atom. The van der Waals surface area contributed by atoms with Gasteiger partial charge in [-0.15, -0.1) is 11.3 Å². The van der Waals surface area contributed by atoms with Crippen molar-refractivity contribution in [1.29, 1.82) is 0 Å². The Morgan fingerprint density at radius 2 is 0.958 bits per heavy atom. The normalized spacial score (nSPS) is 11.5. The SMILES string of the molecule is Brc1cccc(-c2nc3ccccc3n2-c2ccccc2)c1.OB(O)c1cccc2c1Cc1ccccc1-2.c1ccc(-n2c(-c3cccc(-c4cccc5c4sc4ccccc45)c3)nc3ccccc32)cc1. The summed E-state index contributed by atoms with van der Waals surface area (Å²) in [5.74, 6) is 1.91. The number of benzene rings is 10. The molecule has 0 atom stereocenters. The highest BCUT2D eigenvalue weighted by Crippen LogP contribution is 2.41. The van der Waals surface area contributed by atoms with E-state index in [0.717, 1.165) is 78.2 Å². The largest absolute Gasteiger partial charge is 0.488 e. The number of fused-ring (bicyclic) bond motifs is 8. The van der Waals surface area contributed by atoms with Crippen LogP contribution in [0.15, 0.2) is 247 Å². The first-order valence-electron chi connectivity index (χ1n) is 23.9. The highest BCUT2D eigenvalue weighted by Gasteiger charge is 2.25. The molecule has 3 aromatic heterocycles. The van der Waals surface area contributed by atoms with Crippen molar-refractivity contribution in [2.45, 2.75) is 6.42 Å². The molecule has 0 saturated heterocycles. The highest BCUT2D eigenvalue weighted by molar-refractivity contribution is 9.10. The smallest absolute Gasteiger partial charge is 0.423 e. The molecule has 0 bridgehead atoms. The van der Waals surface area contributed by atoms with Gasteiger partial charge in [0.15, 0.2) is 0 Å². The van der Waals surface area contributed by atoms with Crippen molar-refractivity contribution >= 4 is 82.1 Å². The van der Waals surface area contributed by atoms with Gasteiger partial charge in [0.05, 0.1) is 22.1 Å². The number of nitrogens with zero attached hydrogens (tertiary/aromatic N) is 4.